The SMILES string of the molecule is CC1CCN(C(=O)COC(=O)c2ccc(-c3ccccc3)cc2)CC1. The van der Waals surface area contributed by atoms with Gasteiger partial charge in [-0.3, -0.25) is 4.79 Å². The average molecular weight is 337 g/mol. The molecule has 4 nitrogen and oxygen atoms in total. The summed E-state index contributed by atoms with van der Waals surface area (Å²) in [7, 11) is 0. The summed E-state index contributed by atoms with van der Waals surface area (Å²) in [6.45, 7) is 3.52. The predicted octanol–water partition coefficient (Wildman–Crippen LogP) is 3.77. The van der Waals surface area contributed by atoms with Crippen molar-refractivity contribution < 1.29 is 14.3 Å². The van der Waals surface area contributed by atoms with Crippen LogP contribution in [0.2, 0.25) is 0 Å². The Kier molecular flexibility index (Phi) is 5.49. The van der Waals surface area contributed by atoms with E-state index in [-0.39, 0.29) is 12.5 Å². The minimum atomic E-state index is -0.460. The van der Waals surface area contributed by atoms with Gasteiger partial charge in [-0.1, -0.05) is 49.4 Å². The van der Waals surface area contributed by atoms with Gasteiger partial charge in [-0.25, -0.2) is 4.79 Å². The van der Waals surface area contributed by atoms with Crippen molar-refractivity contribution in [3.63, 3.8) is 0 Å². The third-order valence-electron chi connectivity index (χ3n) is 4.69. The van der Waals surface area contributed by atoms with Gasteiger partial charge in [0, 0.05) is 13.1 Å². The fourth-order valence-electron chi connectivity index (χ4n) is 2.99. The number of carbonyl (C=O) groups excluding carboxylic acids is 2. The van der Waals surface area contributed by atoms with Gasteiger partial charge >= 0.3 is 5.97 Å². The van der Waals surface area contributed by atoms with E-state index in [9.17, 15) is 9.59 Å². The van der Waals surface area contributed by atoms with E-state index in [0.29, 0.717) is 11.5 Å². The van der Waals surface area contributed by atoms with Crippen molar-refractivity contribution in [3.05, 3.63) is 60.2 Å². The number of amides is 1. The smallest absolute Gasteiger partial charge is 0.338 e. The topological polar surface area (TPSA) is 46.6 Å². The van der Waals surface area contributed by atoms with Crippen LogP contribution < -0.4 is 0 Å². The van der Waals surface area contributed by atoms with E-state index in [1.807, 2.05) is 42.5 Å². The first kappa shape index (κ1) is 17.2. The van der Waals surface area contributed by atoms with E-state index >= 15 is 0 Å². The lowest BCUT2D eigenvalue weighted by Crippen LogP contribution is -2.40. The van der Waals surface area contributed by atoms with Crippen LogP contribution in [0.5, 0.6) is 0 Å². The molecule has 0 N–H and O–H groups in total. The van der Waals surface area contributed by atoms with Gasteiger partial charge in [0.25, 0.3) is 5.91 Å². The molecule has 1 aliphatic rings. The van der Waals surface area contributed by atoms with Crippen LogP contribution in [-0.4, -0.2) is 36.5 Å². The minimum Gasteiger partial charge on any atom is -0.452 e. The van der Waals surface area contributed by atoms with E-state index in [1.54, 1.807) is 17.0 Å². The number of ether oxygens (including phenoxy) is 1. The molecule has 2 aromatic carbocycles. The monoisotopic (exact) mass is 337 g/mol. The van der Waals surface area contributed by atoms with Crippen LogP contribution in [0.1, 0.15) is 30.1 Å². The second kappa shape index (κ2) is 7.97. The molecule has 0 atom stereocenters. The molecule has 1 saturated heterocycles. The van der Waals surface area contributed by atoms with E-state index in [1.165, 1.54) is 0 Å². The van der Waals surface area contributed by atoms with Gasteiger partial charge < -0.3 is 9.64 Å². The molecule has 130 valence electrons. The van der Waals surface area contributed by atoms with Crippen molar-refractivity contribution >= 4 is 11.9 Å². The van der Waals surface area contributed by atoms with Crippen LogP contribution >= 0.6 is 0 Å². The standard InChI is InChI=1S/C21H23NO3/c1-16-11-13-22(14-12-16)20(23)15-25-21(24)19-9-7-18(8-10-19)17-5-3-2-4-6-17/h2-10,16H,11-15H2,1H3. The van der Waals surface area contributed by atoms with Gasteiger partial charge in [-0.2, -0.15) is 0 Å². The highest BCUT2D eigenvalue weighted by molar-refractivity contribution is 5.91. The summed E-state index contributed by atoms with van der Waals surface area (Å²) in [5.41, 5.74) is 2.59. The van der Waals surface area contributed by atoms with Crippen molar-refractivity contribution in [3.8, 4) is 11.1 Å². The molecule has 0 bridgehead atoms. The molecular formula is C21H23NO3. The van der Waals surface area contributed by atoms with Gasteiger partial charge in [0.2, 0.25) is 0 Å². The van der Waals surface area contributed by atoms with E-state index in [2.05, 4.69) is 6.92 Å². The van der Waals surface area contributed by atoms with Crippen molar-refractivity contribution in [2.24, 2.45) is 5.92 Å². The van der Waals surface area contributed by atoms with Crippen LogP contribution in [-0.2, 0) is 9.53 Å². The zero-order chi connectivity index (χ0) is 17.6. The zero-order valence-electron chi connectivity index (χ0n) is 14.5. The van der Waals surface area contributed by atoms with Gasteiger partial charge in [-0.05, 0) is 42.0 Å². The molecule has 0 aromatic heterocycles. The molecule has 2 aromatic rings. The molecule has 1 amide bonds. The maximum atomic E-state index is 12.1. The predicted molar refractivity (Wildman–Crippen MR) is 97.1 cm³/mol. The third kappa shape index (κ3) is 4.47. The number of carbonyl (C=O) groups is 2. The highest BCUT2D eigenvalue weighted by atomic mass is 16.5. The number of esters is 1. The number of nitrogens with zero attached hydrogens (tertiary/aromatic N) is 1. The Morgan fingerprint density at radius 1 is 0.960 bits per heavy atom. The van der Waals surface area contributed by atoms with Crippen molar-refractivity contribution in [2.45, 2.75) is 19.8 Å². The van der Waals surface area contributed by atoms with E-state index < -0.39 is 5.97 Å². The second-order valence-corrected chi connectivity index (χ2v) is 6.58. The second-order valence-electron chi connectivity index (χ2n) is 6.58. The number of hydrogen-bond donors (Lipinski definition) is 0. The number of rotatable bonds is 4. The molecule has 0 spiro atoms. The van der Waals surface area contributed by atoms with E-state index in [0.717, 1.165) is 37.1 Å². The summed E-state index contributed by atoms with van der Waals surface area (Å²) in [5, 5.41) is 0. The summed E-state index contributed by atoms with van der Waals surface area (Å²) in [5.74, 6) is 0.0919. The maximum Gasteiger partial charge on any atom is 0.338 e. The summed E-state index contributed by atoms with van der Waals surface area (Å²) in [4.78, 5) is 26.1. The number of likely N-dealkylation sites (tertiary alicyclic amines) is 1. The van der Waals surface area contributed by atoms with Gasteiger partial charge in [0.1, 0.15) is 0 Å². The molecule has 1 fully saturated rings. The Morgan fingerprint density at radius 2 is 1.56 bits per heavy atom. The van der Waals surface area contributed by atoms with Gasteiger partial charge in [0.15, 0.2) is 6.61 Å². The fraction of sp³-hybridized carbons (Fsp3) is 0.333. The molecule has 0 saturated carbocycles. The Balaban J connectivity index is 1.54. The molecule has 25 heavy (non-hydrogen) atoms. The Labute approximate surface area is 148 Å². The Morgan fingerprint density at radius 3 is 2.20 bits per heavy atom. The lowest BCUT2D eigenvalue weighted by molar-refractivity contribution is -0.135. The third-order valence-corrected chi connectivity index (χ3v) is 4.69. The summed E-state index contributed by atoms with van der Waals surface area (Å²) < 4.78 is 5.19. The number of piperidine rings is 1. The number of benzene rings is 2. The highest BCUT2D eigenvalue weighted by Gasteiger charge is 2.21. The summed E-state index contributed by atoms with van der Waals surface area (Å²) in [6, 6.07) is 17.2. The fourth-order valence-corrected chi connectivity index (χ4v) is 2.99. The van der Waals surface area contributed by atoms with Crippen molar-refractivity contribution in [1.29, 1.82) is 0 Å². The summed E-state index contributed by atoms with van der Waals surface area (Å²) >= 11 is 0. The lowest BCUT2D eigenvalue weighted by atomic mass is 9.99. The molecule has 0 aliphatic carbocycles. The largest absolute Gasteiger partial charge is 0.452 e. The van der Waals surface area contributed by atoms with Crippen LogP contribution in [0.25, 0.3) is 11.1 Å². The minimum absolute atomic E-state index is 0.110. The molecule has 3 rings (SSSR count). The van der Waals surface area contributed by atoms with Gasteiger partial charge in [0.05, 0.1) is 5.56 Å². The molecule has 1 aliphatic heterocycles. The average Bonchev–Trinajstić information content (AvgIpc) is 2.67. The van der Waals surface area contributed by atoms with Crippen molar-refractivity contribution in [1.82, 2.24) is 4.90 Å². The Bertz CT molecular complexity index is 717. The van der Waals surface area contributed by atoms with Gasteiger partial charge in [-0.15, -0.1) is 0 Å². The normalized spacial score (nSPS) is 15.0. The van der Waals surface area contributed by atoms with E-state index in [4.69, 9.17) is 4.74 Å². The first-order chi connectivity index (χ1) is 12.1. The highest BCUT2D eigenvalue weighted by Crippen LogP contribution is 2.20. The molecule has 1 heterocycles. The zero-order valence-corrected chi connectivity index (χ0v) is 14.5. The van der Waals surface area contributed by atoms with Crippen LogP contribution in [0.4, 0.5) is 0 Å². The Hall–Kier alpha value is -2.62. The molecule has 4 heteroatoms. The summed E-state index contributed by atoms with van der Waals surface area (Å²) in [6.07, 6.45) is 2.03. The molecular weight excluding hydrogens is 314 g/mol. The van der Waals surface area contributed by atoms with Crippen molar-refractivity contribution in [2.75, 3.05) is 19.7 Å². The maximum absolute atomic E-state index is 12.1. The number of hydrogen-bond acceptors (Lipinski definition) is 3. The first-order valence-corrected chi connectivity index (χ1v) is 8.74. The molecule has 0 unspecified atom stereocenters. The lowest BCUT2D eigenvalue weighted by Gasteiger charge is -2.30. The first-order valence-electron chi connectivity index (χ1n) is 8.74. The van der Waals surface area contributed by atoms with Crippen LogP contribution in [0, 0.1) is 5.92 Å². The van der Waals surface area contributed by atoms with Crippen LogP contribution in [0.15, 0.2) is 54.6 Å². The quantitative estimate of drug-likeness (QED) is 0.798. The molecule has 0 radical (unpaired) electrons. The van der Waals surface area contributed by atoms with Crippen LogP contribution in [0.3, 0.4) is 0 Å².